The lowest BCUT2D eigenvalue weighted by Crippen LogP contribution is -2.29. The summed E-state index contributed by atoms with van der Waals surface area (Å²) in [5.74, 6) is -0.205. The molecule has 0 spiro atoms. The van der Waals surface area contributed by atoms with Gasteiger partial charge < -0.3 is 9.47 Å². The van der Waals surface area contributed by atoms with Gasteiger partial charge in [0.1, 0.15) is 11.5 Å². The third kappa shape index (κ3) is 4.01. The van der Waals surface area contributed by atoms with E-state index >= 15 is 0 Å². The molecule has 11 heteroatoms. The fraction of sp³-hybridized carbons (Fsp3) is 0.278. The SMILES string of the molecule is COc1ccc(OC)c(NS(=O)(=O)c2cc(N3C(=O)CCS3(=O)=O)ccc2C)c1. The van der Waals surface area contributed by atoms with E-state index in [0.717, 1.165) is 0 Å². The van der Waals surface area contributed by atoms with E-state index in [2.05, 4.69) is 4.72 Å². The summed E-state index contributed by atoms with van der Waals surface area (Å²) in [6, 6.07) is 8.66. The van der Waals surface area contributed by atoms with Crippen molar-refractivity contribution in [2.75, 3.05) is 29.0 Å². The second-order valence-electron chi connectivity index (χ2n) is 6.35. The molecule has 1 saturated heterocycles. The molecule has 0 saturated carbocycles. The van der Waals surface area contributed by atoms with Crippen molar-refractivity contribution in [3.05, 3.63) is 42.0 Å². The maximum Gasteiger partial charge on any atom is 0.262 e. The number of hydrogen-bond acceptors (Lipinski definition) is 7. The van der Waals surface area contributed by atoms with Gasteiger partial charge in [-0.2, -0.15) is 0 Å². The molecular formula is C18H20N2O7S2. The Morgan fingerprint density at radius 3 is 2.38 bits per heavy atom. The van der Waals surface area contributed by atoms with E-state index in [-0.39, 0.29) is 34.2 Å². The van der Waals surface area contributed by atoms with E-state index in [4.69, 9.17) is 9.47 Å². The molecule has 0 bridgehead atoms. The number of ether oxygens (including phenoxy) is 2. The summed E-state index contributed by atoms with van der Waals surface area (Å²) in [6.07, 6.45) is -0.141. The summed E-state index contributed by atoms with van der Waals surface area (Å²) in [6.45, 7) is 1.57. The first kappa shape index (κ1) is 20.9. The largest absolute Gasteiger partial charge is 0.497 e. The lowest BCUT2D eigenvalue weighted by atomic mass is 10.2. The first-order valence-corrected chi connectivity index (χ1v) is 11.6. The number of benzene rings is 2. The van der Waals surface area contributed by atoms with Crippen LogP contribution in [0.3, 0.4) is 0 Å². The Labute approximate surface area is 169 Å². The van der Waals surface area contributed by atoms with E-state index in [1.54, 1.807) is 19.1 Å². The van der Waals surface area contributed by atoms with Crippen molar-refractivity contribution in [1.82, 2.24) is 0 Å². The van der Waals surface area contributed by atoms with E-state index in [1.165, 1.54) is 38.5 Å². The van der Waals surface area contributed by atoms with Crippen molar-refractivity contribution in [2.45, 2.75) is 18.2 Å². The number of nitrogens with zero attached hydrogens (tertiary/aromatic N) is 1. The number of amides is 1. The highest BCUT2D eigenvalue weighted by molar-refractivity contribution is 7.94. The van der Waals surface area contributed by atoms with E-state index < -0.39 is 26.0 Å². The molecule has 1 amide bonds. The molecule has 1 N–H and O–H groups in total. The Morgan fingerprint density at radius 2 is 1.79 bits per heavy atom. The number of carbonyl (C=O) groups is 1. The van der Waals surface area contributed by atoms with Crippen LogP contribution in [-0.2, 0) is 24.8 Å². The lowest BCUT2D eigenvalue weighted by molar-refractivity contribution is -0.116. The van der Waals surface area contributed by atoms with Gasteiger partial charge in [0, 0.05) is 12.5 Å². The predicted octanol–water partition coefficient (Wildman–Crippen LogP) is 1.88. The Kier molecular flexibility index (Phi) is 5.46. The second kappa shape index (κ2) is 7.56. The molecule has 0 aromatic heterocycles. The number of sulfonamides is 2. The molecule has 2 aromatic rings. The molecule has 0 radical (unpaired) electrons. The van der Waals surface area contributed by atoms with Gasteiger partial charge in [-0.1, -0.05) is 6.07 Å². The van der Waals surface area contributed by atoms with Gasteiger partial charge in [0.05, 0.1) is 36.2 Å². The Hall–Kier alpha value is -2.79. The van der Waals surface area contributed by atoms with Gasteiger partial charge in [0.25, 0.3) is 10.0 Å². The molecule has 0 atom stereocenters. The standard InChI is InChI=1S/C18H20N2O7S2/c1-12-4-5-13(20-18(21)8-9-28(20,22)23)10-17(12)29(24,25)19-15-11-14(26-2)6-7-16(15)27-3/h4-7,10-11,19H,8-9H2,1-3H3. The highest BCUT2D eigenvalue weighted by atomic mass is 32.2. The maximum absolute atomic E-state index is 13.0. The number of aryl methyl sites for hydroxylation is 1. The minimum absolute atomic E-state index is 0.0175. The zero-order valence-electron chi connectivity index (χ0n) is 16.0. The maximum atomic E-state index is 13.0. The molecule has 1 heterocycles. The van der Waals surface area contributed by atoms with Gasteiger partial charge in [0.15, 0.2) is 0 Å². The fourth-order valence-corrected chi connectivity index (χ4v) is 5.75. The zero-order valence-corrected chi connectivity index (χ0v) is 17.6. The van der Waals surface area contributed by atoms with Gasteiger partial charge in [-0.15, -0.1) is 0 Å². The fourth-order valence-electron chi connectivity index (χ4n) is 2.97. The van der Waals surface area contributed by atoms with Crippen LogP contribution in [-0.4, -0.2) is 42.7 Å². The highest BCUT2D eigenvalue weighted by Gasteiger charge is 2.37. The summed E-state index contributed by atoms with van der Waals surface area (Å²) in [5.41, 5.74) is 0.518. The molecule has 2 aromatic carbocycles. The van der Waals surface area contributed by atoms with Crippen LogP contribution in [0.15, 0.2) is 41.3 Å². The summed E-state index contributed by atoms with van der Waals surface area (Å²) >= 11 is 0. The molecule has 3 rings (SSSR count). The van der Waals surface area contributed by atoms with Crippen molar-refractivity contribution in [2.24, 2.45) is 0 Å². The van der Waals surface area contributed by atoms with Crippen LogP contribution < -0.4 is 18.5 Å². The van der Waals surface area contributed by atoms with Crippen molar-refractivity contribution >= 4 is 37.3 Å². The molecular weight excluding hydrogens is 420 g/mol. The highest BCUT2D eigenvalue weighted by Crippen LogP contribution is 2.33. The molecule has 29 heavy (non-hydrogen) atoms. The third-order valence-electron chi connectivity index (χ3n) is 4.43. The Morgan fingerprint density at radius 1 is 1.07 bits per heavy atom. The minimum Gasteiger partial charge on any atom is -0.497 e. The van der Waals surface area contributed by atoms with Crippen LogP contribution >= 0.6 is 0 Å². The predicted molar refractivity (Wildman–Crippen MR) is 107 cm³/mol. The minimum atomic E-state index is -4.13. The molecule has 156 valence electrons. The van der Waals surface area contributed by atoms with Gasteiger partial charge in [-0.3, -0.25) is 9.52 Å². The third-order valence-corrected chi connectivity index (χ3v) is 7.62. The van der Waals surface area contributed by atoms with Crippen LogP contribution in [0, 0.1) is 6.92 Å². The van der Waals surface area contributed by atoms with Gasteiger partial charge in [0.2, 0.25) is 15.9 Å². The lowest BCUT2D eigenvalue weighted by Gasteiger charge is -2.18. The van der Waals surface area contributed by atoms with Crippen molar-refractivity contribution < 1.29 is 31.1 Å². The number of carbonyl (C=O) groups excluding carboxylic acids is 1. The van der Waals surface area contributed by atoms with E-state index in [1.807, 2.05) is 0 Å². The Bertz CT molecular complexity index is 1170. The van der Waals surface area contributed by atoms with E-state index in [9.17, 15) is 21.6 Å². The summed E-state index contributed by atoms with van der Waals surface area (Å²) in [7, 11) is -5.09. The van der Waals surface area contributed by atoms with E-state index in [0.29, 0.717) is 15.6 Å². The summed E-state index contributed by atoms with van der Waals surface area (Å²) in [5, 5.41) is 0. The van der Waals surface area contributed by atoms with Crippen molar-refractivity contribution in [1.29, 1.82) is 0 Å². The monoisotopic (exact) mass is 440 g/mol. The number of rotatable bonds is 6. The van der Waals surface area contributed by atoms with Crippen LogP contribution in [0.1, 0.15) is 12.0 Å². The number of hydrogen-bond donors (Lipinski definition) is 1. The average Bonchev–Trinajstić information content (AvgIpc) is 2.94. The van der Waals surface area contributed by atoms with Crippen molar-refractivity contribution in [3.8, 4) is 11.5 Å². The van der Waals surface area contributed by atoms with Crippen LogP contribution in [0.2, 0.25) is 0 Å². The van der Waals surface area contributed by atoms with Gasteiger partial charge in [-0.25, -0.2) is 21.1 Å². The van der Waals surface area contributed by atoms with Crippen LogP contribution in [0.25, 0.3) is 0 Å². The van der Waals surface area contributed by atoms with Gasteiger partial charge >= 0.3 is 0 Å². The average molecular weight is 440 g/mol. The normalized spacial score (nSPS) is 16.0. The second-order valence-corrected chi connectivity index (χ2v) is 9.93. The van der Waals surface area contributed by atoms with Crippen LogP contribution in [0.4, 0.5) is 11.4 Å². The number of methoxy groups -OCH3 is 2. The molecule has 9 nitrogen and oxygen atoms in total. The van der Waals surface area contributed by atoms with Crippen LogP contribution in [0.5, 0.6) is 11.5 Å². The Balaban J connectivity index is 2.05. The zero-order chi connectivity index (χ0) is 21.4. The topological polar surface area (TPSA) is 119 Å². The van der Waals surface area contributed by atoms with Crippen molar-refractivity contribution in [3.63, 3.8) is 0 Å². The summed E-state index contributed by atoms with van der Waals surface area (Å²) in [4.78, 5) is 11.9. The first-order valence-electron chi connectivity index (χ1n) is 8.50. The molecule has 1 fully saturated rings. The molecule has 1 aliphatic heterocycles. The summed E-state index contributed by atoms with van der Waals surface area (Å²) < 4.78 is 63.8. The molecule has 0 aliphatic carbocycles. The quantitative estimate of drug-likeness (QED) is 0.728. The first-order chi connectivity index (χ1) is 13.6. The number of anilines is 2. The smallest absolute Gasteiger partial charge is 0.262 e. The molecule has 0 unspecified atom stereocenters. The number of nitrogens with one attached hydrogen (secondary N) is 1. The molecule has 1 aliphatic rings. The van der Waals surface area contributed by atoms with Gasteiger partial charge in [-0.05, 0) is 36.8 Å².